The Balaban J connectivity index is 1.57. The molecule has 0 spiro atoms. The van der Waals surface area contributed by atoms with Crippen molar-refractivity contribution in [3.8, 4) is 11.3 Å². The maximum absolute atomic E-state index is 10.9. The van der Waals surface area contributed by atoms with Crippen LogP contribution in [0.3, 0.4) is 0 Å². The molecule has 1 saturated carbocycles. The molecule has 0 aliphatic heterocycles. The van der Waals surface area contributed by atoms with E-state index in [4.69, 9.17) is 10.1 Å². The molecular formula is C18H17N3O2S. The van der Waals surface area contributed by atoms with E-state index in [0.717, 1.165) is 22.2 Å². The first kappa shape index (κ1) is 15.1. The van der Waals surface area contributed by atoms with Crippen molar-refractivity contribution in [2.24, 2.45) is 0 Å². The van der Waals surface area contributed by atoms with Gasteiger partial charge in [0.2, 0.25) is 0 Å². The van der Waals surface area contributed by atoms with E-state index in [1.165, 1.54) is 36.4 Å². The monoisotopic (exact) mass is 339 g/mol. The van der Waals surface area contributed by atoms with E-state index in [-0.39, 0.29) is 5.56 Å². The summed E-state index contributed by atoms with van der Waals surface area (Å²) in [6.45, 7) is 2.61. The normalized spacial score (nSPS) is 14.0. The first-order valence-corrected chi connectivity index (χ1v) is 8.78. The molecule has 24 heavy (non-hydrogen) atoms. The van der Waals surface area contributed by atoms with Crippen molar-refractivity contribution in [2.45, 2.75) is 32.2 Å². The van der Waals surface area contributed by atoms with Crippen molar-refractivity contribution in [3.63, 3.8) is 0 Å². The van der Waals surface area contributed by atoms with Gasteiger partial charge in [-0.05, 0) is 43.4 Å². The van der Waals surface area contributed by atoms with Gasteiger partial charge in [-0.2, -0.15) is 5.10 Å². The Morgan fingerprint density at radius 2 is 2.21 bits per heavy atom. The molecule has 0 radical (unpaired) electrons. The first-order valence-electron chi connectivity index (χ1n) is 7.90. The summed E-state index contributed by atoms with van der Waals surface area (Å²) in [4.78, 5) is 15.6. The number of benzene rings is 1. The lowest BCUT2D eigenvalue weighted by Gasteiger charge is -2.05. The quantitative estimate of drug-likeness (QED) is 0.764. The topological polar surface area (TPSA) is 68.0 Å². The summed E-state index contributed by atoms with van der Waals surface area (Å²) in [5, 5.41) is 16.0. The molecule has 0 unspecified atom stereocenters. The Morgan fingerprint density at radius 3 is 2.92 bits per heavy atom. The van der Waals surface area contributed by atoms with Gasteiger partial charge in [0.15, 0.2) is 0 Å². The average molecular weight is 339 g/mol. The summed E-state index contributed by atoms with van der Waals surface area (Å²) in [5.74, 6) is -0.242. The second-order valence-corrected chi connectivity index (χ2v) is 7.21. The highest BCUT2D eigenvalue weighted by Gasteiger charge is 2.24. The minimum atomic E-state index is -0.964. The molecule has 0 bridgehead atoms. The van der Waals surface area contributed by atoms with Gasteiger partial charge in [0, 0.05) is 17.1 Å². The molecule has 1 aliphatic carbocycles. The number of hydrogen-bond acceptors (Lipinski definition) is 4. The van der Waals surface area contributed by atoms with Crippen LogP contribution in [0.2, 0.25) is 0 Å². The Bertz CT molecular complexity index is 909. The fraction of sp³-hybridized carbons (Fsp3) is 0.278. The average Bonchev–Trinajstić information content (AvgIpc) is 3.11. The lowest BCUT2D eigenvalue weighted by Crippen LogP contribution is -2.00. The van der Waals surface area contributed by atoms with Gasteiger partial charge in [0.05, 0.1) is 24.0 Å². The van der Waals surface area contributed by atoms with Gasteiger partial charge in [-0.1, -0.05) is 11.6 Å². The highest BCUT2D eigenvalue weighted by molar-refractivity contribution is 7.09. The van der Waals surface area contributed by atoms with Crippen LogP contribution in [0.15, 0.2) is 36.0 Å². The van der Waals surface area contributed by atoms with E-state index in [2.05, 4.69) is 35.6 Å². The molecule has 2 heterocycles. The van der Waals surface area contributed by atoms with Crippen LogP contribution in [0, 0.1) is 6.92 Å². The molecule has 5 nitrogen and oxygen atoms in total. The molecule has 1 aromatic carbocycles. The number of rotatable bonds is 5. The van der Waals surface area contributed by atoms with Crippen LogP contribution in [0.5, 0.6) is 0 Å². The predicted octanol–water partition coefficient (Wildman–Crippen LogP) is 3.94. The van der Waals surface area contributed by atoms with Crippen LogP contribution in [0.25, 0.3) is 11.3 Å². The zero-order chi connectivity index (χ0) is 16.7. The number of carbonyl (C=O) groups is 1. The number of aromatic nitrogens is 3. The van der Waals surface area contributed by atoms with Gasteiger partial charge < -0.3 is 5.11 Å². The lowest BCUT2D eigenvalue weighted by molar-refractivity contribution is 0.0697. The Labute approximate surface area is 143 Å². The summed E-state index contributed by atoms with van der Waals surface area (Å²) in [5.41, 5.74) is 5.01. The maximum atomic E-state index is 10.9. The molecule has 0 saturated heterocycles. The van der Waals surface area contributed by atoms with Crippen molar-refractivity contribution >= 4 is 17.3 Å². The molecular weight excluding hydrogens is 322 g/mol. The second kappa shape index (κ2) is 5.87. The standard InChI is InChI=1S/C18H17N3O2S/c1-11-4-13(12-2-3-12)6-14(5-11)16-10-24-17(20-16)9-21-8-15(7-19-21)18(22)23/h4-8,10,12H,2-3,9H2,1H3,(H,22,23). The molecule has 4 rings (SSSR count). The number of nitrogens with zero attached hydrogens (tertiary/aromatic N) is 3. The summed E-state index contributed by atoms with van der Waals surface area (Å²) >= 11 is 1.57. The number of aromatic carboxylic acids is 1. The number of carboxylic acids is 1. The van der Waals surface area contributed by atoms with Crippen LogP contribution >= 0.6 is 11.3 Å². The number of thiazole rings is 1. The minimum Gasteiger partial charge on any atom is -0.478 e. The smallest absolute Gasteiger partial charge is 0.338 e. The molecule has 2 aromatic heterocycles. The van der Waals surface area contributed by atoms with E-state index in [0.29, 0.717) is 6.54 Å². The molecule has 3 aromatic rings. The van der Waals surface area contributed by atoms with Crippen molar-refractivity contribution in [1.82, 2.24) is 14.8 Å². The van der Waals surface area contributed by atoms with Crippen LogP contribution in [-0.4, -0.2) is 25.8 Å². The third kappa shape index (κ3) is 3.10. The van der Waals surface area contributed by atoms with Crippen molar-refractivity contribution in [2.75, 3.05) is 0 Å². The summed E-state index contributed by atoms with van der Waals surface area (Å²) < 4.78 is 1.61. The largest absolute Gasteiger partial charge is 0.478 e. The van der Waals surface area contributed by atoms with Gasteiger partial charge in [-0.15, -0.1) is 11.3 Å². The highest BCUT2D eigenvalue weighted by atomic mass is 32.1. The maximum Gasteiger partial charge on any atom is 0.338 e. The number of hydrogen-bond donors (Lipinski definition) is 1. The second-order valence-electron chi connectivity index (χ2n) is 6.26. The van der Waals surface area contributed by atoms with Crippen molar-refractivity contribution in [1.29, 1.82) is 0 Å². The molecule has 0 amide bonds. The van der Waals surface area contributed by atoms with Crippen LogP contribution in [-0.2, 0) is 6.54 Å². The van der Waals surface area contributed by atoms with E-state index in [1.54, 1.807) is 16.0 Å². The third-order valence-electron chi connectivity index (χ3n) is 4.17. The molecule has 1 N–H and O–H groups in total. The molecule has 122 valence electrons. The van der Waals surface area contributed by atoms with E-state index < -0.39 is 5.97 Å². The minimum absolute atomic E-state index is 0.194. The molecule has 0 atom stereocenters. The Hall–Kier alpha value is -2.47. The van der Waals surface area contributed by atoms with Crippen molar-refractivity contribution < 1.29 is 9.90 Å². The van der Waals surface area contributed by atoms with Gasteiger partial charge in [0.25, 0.3) is 0 Å². The van der Waals surface area contributed by atoms with Crippen molar-refractivity contribution in [3.05, 3.63) is 57.7 Å². The number of aryl methyl sites for hydroxylation is 1. The zero-order valence-electron chi connectivity index (χ0n) is 13.3. The molecule has 6 heteroatoms. The van der Waals surface area contributed by atoms with Crippen LogP contribution in [0.4, 0.5) is 0 Å². The fourth-order valence-corrected chi connectivity index (χ4v) is 3.62. The van der Waals surface area contributed by atoms with Crippen LogP contribution < -0.4 is 0 Å². The lowest BCUT2D eigenvalue weighted by atomic mass is 10.0. The van der Waals surface area contributed by atoms with Gasteiger partial charge in [-0.3, -0.25) is 4.68 Å². The Kier molecular flexibility index (Phi) is 3.69. The van der Waals surface area contributed by atoms with Crippen LogP contribution in [0.1, 0.15) is 45.3 Å². The van der Waals surface area contributed by atoms with E-state index in [9.17, 15) is 4.79 Å². The van der Waals surface area contributed by atoms with E-state index in [1.807, 2.05) is 0 Å². The van der Waals surface area contributed by atoms with Gasteiger partial charge in [0.1, 0.15) is 5.01 Å². The fourth-order valence-electron chi connectivity index (χ4n) is 2.83. The summed E-state index contributed by atoms with van der Waals surface area (Å²) in [6.07, 6.45) is 5.47. The van der Waals surface area contributed by atoms with Gasteiger partial charge in [-0.25, -0.2) is 9.78 Å². The number of carboxylic acid groups (broad SMARTS) is 1. The summed E-state index contributed by atoms with van der Waals surface area (Å²) in [6, 6.07) is 6.69. The first-order chi connectivity index (χ1) is 11.6. The molecule has 1 aliphatic rings. The summed E-state index contributed by atoms with van der Waals surface area (Å²) in [7, 11) is 0. The SMILES string of the molecule is Cc1cc(-c2csc(Cn3cc(C(=O)O)cn3)n2)cc(C2CC2)c1. The zero-order valence-corrected chi connectivity index (χ0v) is 14.1. The predicted molar refractivity (Wildman–Crippen MR) is 92.6 cm³/mol. The van der Waals surface area contributed by atoms with E-state index >= 15 is 0 Å². The Morgan fingerprint density at radius 1 is 1.38 bits per heavy atom. The van der Waals surface area contributed by atoms with Gasteiger partial charge >= 0.3 is 5.97 Å². The highest BCUT2D eigenvalue weighted by Crippen LogP contribution is 2.41. The third-order valence-corrected chi connectivity index (χ3v) is 5.01. The molecule has 1 fully saturated rings.